The highest BCUT2D eigenvalue weighted by Gasteiger charge is 2.31. The lowest BCUT2D eigenvalue weighted by Gasteiger charge is -2.38. The molecule has 1 atom stereocenters. The van der Waals surface area contributed by atoms with Crippen LogP contribution in [0.2, 0.25) is 0 Å². The van der Waals surface area contributed by atoms with E-state index >= 15 is 0 Å². The monoisotopic (exact) mass is 341 g/mol. The molecule has 130 valence electrons. The molecule has 6 nitrogen and oxygen atoms in total. The van der Waals surface area contributed by atoms with Crippen LogP contribution >= 0.6 is 0 Å². The van der Waals surface area contributed by atoms with Crippen LogP contribution in [-0.2, 0) is 0 Å². The van der Waals surface area contributed by atoms with Crippen LogP contribution in [0.4, 0.5) is 10.1 Å². The van der Waals surface area contributed by atoms with Crippen LogP contribution in [0.3, 0.4) is 0 Å². The Labute approximate surface area is 145 Å². The van der Waals surface area contributed by atoms with Gasteiger partial charge in [0.25, 0.3) is 0 Å². The van der Waals surface area contributed by atoms with E-state index in [1.165, 1.54) is 6.07 Å². The number of rotatable bonds is 4. The number of anilines is 1. The topological polar surface area (TPSA) is 69.2 Å². The lowest BCUT2D eigenvalue weighted by atomic mass is 10.1. The Morgan fingerprint density at radius 2 is 2.04 bits per heavy atom. The summed E-state index contributed by atoms with van der Waals surface area (Å²) >= 11 is 0. The highest BCUT2D eigenvalue weighted by Crippen LogP contribution is 2.38. The molecule has 2 heterocycles. The molecular weight excluding hydrogens is 321 g/mol. The Bertz CT molecular complexity index is 802. The lowest BCUT2D eigenvalue weighted by molar-refractivity contribution is 0.164. The van der Waals surface area contributed by atoms with Crippen molar-refractivity contribution in [3.63, 3.8) is 0 Å². The summed E-state index contributed by atoms with van der Waals surface area (Å²) in [5.74, 6) is 1.52. The van der Waals surface area contributed by atoms with Crippen LogP contribution in [0.25, 0.3) is 0 Å². The van der Waals surface area contributed by atoms with Gasteiger partial charge in [0, 0.05) is 32.1 Å². The first-order chi connectivity index (χ1) is 12.2. The molecule has 2 fully saturated rings. The number of benzene rings is 1. The smallest absolute Gasteiger partial charge is 0.243 e. The zero-order valence-electron chi connectivity index (χ0n) is 14.2. The normalized spacial score (nSPS) is 19.6. The molecule has 1 aliphatic carbocycles. The molecule has 4 rings (SSSR count). The van der Waals surface area contributed by atoms with Crippen molar-refractivity contribution >= 4 is 5.69 Å². The van der Waals surface area contributed by atoms with E-state index in [-0.39, 0.29) is 11.6 Å². The summed E-state index contributed by atoms with van der Waals surface area (Å²) in [6, 6.07) is 6.82. The molecule has 0 radical (unpaired) electrons. The van der Waals surface area contributed by atoms with Crippen LogP contribution in [0.5, 0.6) is 0 Å². The molecule has 0 spiro atoms. The second kappa shape index (κ2) is 6.45. The van der Waals surface area contributed by atoms with Crippen LogP contribution in [0, 0.1) is 17.1 Å². The summed E-state index contributed by atoms with van der Waals surface area (Å²) in [5, 5.41) is 13.3. The molecule has 2 aliphatic rings. The SMILES string of the molecule is CC(c1nc(C2CC2)no1)N1CCN(c2cccc(F)c2C#N)CC1. The minimum absolute atomic E-state index is 0.0603. The number of aromatic nitrogens is 2. The molecule has 2 aromatic rings. The Hall–Kier alpha value is -2.46. The average molecular weight is 341 g/mol. The summed E-state index contributed by atoms with van der Waals surface area (Å²) in [5.41, 5.74) is 0.790. The maximum Gasteiger partial charge on any atom is 0.243 e. The molecular formula is C18H20FN5O. The van der Waals surface area contributed by atoms with Crippen LogP contribution in [0.1, 0.15) is 49.0 Å². The van der Waals surface area contributed by atoms with Gasteiger partial charge >= 0.3 is 0 Å². The van der Waals surface area contributed by atoms with Gasteiger partial charge in [-0.1, -0.05) is 11.2 Å². The third-order valence-electron chi connectivity index (χ3n) is 5.06. The van der Waals surface area contributed by atoms with Gasteiger partial charge in [0.15, 0.2) is 5.82 Å². The summed E-state index contributed by atoms with van der Waals surface area (Å²) in [4.78, 5) is 8.89. The maximum atomic E-state index is 13.8. The summed E-state index contributed by atoms with van der Waals surface area (Å²) in [7, 11) is 0. The zero-order chi connectivity index (χ0) is 17.4. The fourth-order valence-electron chi connectivity index (χ4n) is 3.32. The average Bonchev–Trinajstić information content (AvgIpc) is 3.38. The van der Waals surface area contributed by atoms with Crippen LogP contribution in [0.15, 0.2) is 22.7 Å². The molecule has 1 unspecified atom stereocenters. The van der Waals surface area contributed by atoms with Gasteiger partial charge in [-0.2, -0.15) is 10.2 Å². The van der Waals surface area contributed by atoms with Crippen molar-refractivity contribution < 1.29 is 8.91 Å². The number of hydrogen-bond donors (Lipinski definition) is 0. The van der Waals surface area contributed by atoms with E-state index in [1.807, 2.05) is 6.07 Å². The molecule has 1 aromatic carbocycles. The minimum Gasteiger partial charge on any atom is -0.368 e. The van der Waals surface area contributed by atoms with E-state index in [0.717, 1.165) is 44.8 Å². The Balaban J connectivity index is 1.42. The predicted octanol–water partition coefficient (Wildman–Crippen LogP) is 2.84. The van der Waals surface area contributed by atoms with Crippen molar-refractivity contribution in [1.82, 2.24) is 15.0 Å². The van der Waals surface area contributed by atoms with Crippen molar-refractivity contribution in [3.05, 3.63) is 41.3 Å². The highest BCUT2D eigenvalue weighted by atomic mass is 19.1. The van der Waals surface area contributed by atoms with Gasteiger partial charge in [0.2, 0.25) is 5.89 Å². The number of piperazine rings is 1. The van der Waals surface area contributed by atoms with Crippen LogP contribution < -0.4 is 4.90 Å². The van der Waals surface area contributed by atoms with E-state index in [9.17, 15) is 9.65 Å². The largest absolute Gasteiger partial charge is 0.368 e. The molecule has 0 amide bonds. The first-order valence-electron chi connectivity index (χ1n) is 8.68. The van der Waals surface area contributed by atoms with Crippen molar-refractivity contribution in [2.45, 2.75) is 31.7 Å². The number of nitrogens with zero attached hydrogens (tertiary/aromatic N) is 5. The molecule has 1 saturated heterocycles. The van der Waals surface area contributed by atoms with Gasteiger partial charge in [-0.25, -0.2) is 4.39 Å². The number of halogens is 1. The van der Waals surface area contributed by atoms with E-state index in [1.54, 1.807) is 12.1 Å². The van der Waals surface area contributed by atoms with Crippen molar-refractivity contribution in [1.29, 1.82) is 5.26 Å². The fourth-order valence-corrected chi connectivity index (χ4v) is 3.32. The second-order valence-corrected chi connectivity index (χ2v) is 6.71. The van der Waals surface area contributed by atoms with Crippen molar-refractivity contribution in [2.75, 3.05) is 31.1 Å². The summed E-state index contributed by atoms with van der Waals surface area (Å²) in [6.07, 6.45) is 2.31. The minimum atomic E-state index is -0.464. The highest BCUT2D eigenvalue weighted by molar-refractivity contribution is 5.60. The summed E-state index contributed by atoms with van der Waals surface area (Å²) in [6.45, 7) is 5.12. The van der Waals surface area contributed by atoms with Gasteiger partial charge < -0.3 is 9.42 Å². The first kappa shape index (κ1) is 16.0. The molecule has 1 aliphatic heterocycles. The molecule has 7 heteroatoms. The Morgan fingerprint density at radius 3 is 2.72 bits per heavy atom. The standard InChI is InChI=1S/C18H20FN5O/c1-12(18-21-17(22-25-18)13-5-6-13)23-7-9-24(10-8-23)16-4-2-3-15(19)14(16)11-20/h2-4,12-13H,5-10H2,1H3. The molecule has 1 aromatic heterocycles. The van der Waals surface area contributed by atoms with Crippen molar-refractivity contribution in [3.8, 4) is 6.07 Å². The third-order valence-corrected chi connectivity index (χ3v) is 5.06. The molecule has 1 saturated carbocycles. The maximum absolute atomic E-state index is 13.8. The first-order valence-corrected chi connectivity index (χ1v) is 8.68. The van der Waals surface area contributed by atoms with E-state index in [4.69, 9.17) is 4.52 Å². The number of nitriles is 1. The van der Waals surface area contributed by atoms with E-state index in [0.29, 0.717) is 17.5 Å². The van der Waals surface area contributed by atoms with E-state index in [2.05, 4.69) is 26.9 Å². The van der Waals surface area contributed by atoms with Gasteiger partial charge in [0.1, 0.15) is 17.4 Å². The Morgan fingerprint density at radius 1 is 1.28 bits per heavy atom. The third kappa shape index (κ3) is 3.10. The van der Waals surface area contributed by atoms with E-state index < -0.39 is 5.82 Å². The van der Waals surface area contributed by atoms with Gasteiger partial charge in [-0.15, -0.1) is 0 Å². The van der Waals surface area contributed by atoms with Gasteiger partial charge in [-0.05, 0) is 31.9 Å². The molecule has 0 N–H and O–H groups in total. The fraction of sp³-hybridized carbons (Fsp3) is 0.500. The summed E-state index contributed by atoms with van der Waals surface area (Å²) < 4.78 is 19.3. The lowest BCUT2D eigenvalue weighted by Crippen LogP contribution is -2.47. The van der Waals surface area contributed by atoms with Crippen LogP contribution in [-0.4, -0.2) is 41.2 Å². The second-order valence-electron chi connectivity index (χ2n) is 6.71. The Kier molecular flexibility index (Phi) is 4.14. The van der Waals surface area contributed by atoms with Crippen molar-refractivity contribution in [2.24, 2.45) is 0 Å². The zero-order valence-corrected chi connectivity index (χ0v) is 14.2. The molecule has 25 heavy (non-hydrogen) atoms. The number of hydrogen-bond acceptors (Lipinski definition) is 6. The van der Waals surface area contributed by atoms with Gasteiger partial charge in [-0.3, -0.25) is 4.90 Å². The van der Waals surface area contributed by atoms with Gasteiger partial charge in [0.05, 0.1) is 11.7 Å². The quantitative estimate of drug-likeness (QED) is 0.852. The predicted molar refractivity (Wildman–Crippen MR) is 89.6 cm³/mol. The molecule has 0 bridgehead atoms.